The van der Waals surface area contributed by atoms with Crippen LogP contribution in [0.3, 0.4) is 0 Å². The Labute approximate surface area is 109 Å². The quantitative estimate of drug-likeness (QED) is 0.299. The van der Waals surface area contributed by atoms with E-state index >= 15 is 0 Å². The maximum atomic E-state index is 10.4. The molecule has 0 heterocycles. The molecule has 0 aliphatic rings. The third-order valence-electron chi connectivity index (χ3n) is 1.26. The number of unbranched alkanes of at least 4 members (excludes halogenated alkanes) is 3. The summed E-state index contributed by atoms with van der Waals surface area (Å²) < 4.78 is 0.131. The van der Waals surface area contributed by atoms with E-state index in [1.165, 1.54) is 19.3 Å². The molecule has 0 fully saturated rings. The third-order valence-corrected chi connectivity index (χ3v) is 2.21. The topological polar surface area (TPSA) is 17.1 Å². The van der Waals surface area contributed by atoms with Crippen LogP contribution in [0.4, 0.5) is 0 Å². The summed E-state index contributed by atoms with van der Waals surface area (Å²) in [6.07, 6.45) is 5.32. The van der Waals surface area contributed by atoms with Crippen LogP contribution in [0.2, 0.25) is 0 Å². The molecule has 0 rings (SSSR count). The molecular weight excluding hydrogens is 283 g/mol. The van der Waals surface area contributed by atoms with Crippen LogP contribution in [0.1, 0.15) is 33.5 Å². The summed E-state index contributed by atoms with van der Waals surface area (Å²) in [5, 5.41) is 1.08. The molecule has 0 saturated heterocycles. The van der Waals surface area contributed by atoms with Crippen molar-refractivity contribution in [2.45, 2.75) is 32.1 Å². The molecule has 0 unspecified atom stereocenters. The zero-order chi connectivity index (χ0) is 7.82. The van der Waals surface area contributed by atoms with E-state index in [1.807, 2.05) is 0 Å². The van der Waals surface area contributed by atoms with Crippen molar-refractivity contribution >= 4 is 36.6 Å². The van der Waals surface area contributed by atoms with Gasteiger partial charge in [-0.25, -0.2) is 0 Å². The fraction of sp³-hybridized carbons (Fsp3) is 0.857. The number of carbonyl (C=O) groups is 1. The van der Waals surface area contributed by atoms with Crippen LogP contribution in [-0.4, -0.2) is 10.0 Å². The Morgan fingerprint density at radius 2 is 1.73 bits per heavy atom. The monoisotopic (exact) mass is 294 g/mol. The molecule has 0 saturated carbocycles. The maximum absolute atomic E-state index is 10.4. The molecule has 0 aromatic rings. The van der Waals surface area contributed by atoms with Gasteiger partial charge in [0.1, 0.15) is 0 Å². The minimum Gasteiger partial charge on any atom is -1.00 e. The van der Waals surface area contributed by atoms with Gasteiger partial charge in [0, 0.05) is 11.8 Å². The summed E-state index contributed by atoms with van der Waals surface area (Å²) in [4.78, 5) is 10.4. The average Bonchev–Trinajstić information content (AvgIpc) is 1.87. The predicted octanol–water partition coefficient (Wildman–Crippen LogP) is 0.370. The molecule has 0 N–H and O–H groups in total. The van der Waals surface area contributed by atoms with Gasteiger partial charge in [-0.05, 0) is 28.8 Å². The Balaban J connectivity index is -0.000000405. The van der Waals surface area contributed by atoms with Crippen molar-refractivity contribution in [3.05, 3.63) is 0 Å². The molecule has 62 valence electrons. The SMILES string of the molecule is O=C(Br)CCCCCCBr.[H-].[Na+]. The van der Waals surface area contributed by atoms with E-state index in [4.69, 9.17) is 0 Å². The second-order valence-corrected chi connectivity index (χ2v) is 3.89. The van der Waals surface area contributed by atoms with Gasteiger partial charge in [-0.2, -0.15) is 0 Å². The molecule has 4 heteroatoms. The molecule has 0 amide bonds. The summed E-state index contributed by atoms with van der Waals surface area (Å²) >= 11 is 6.25. The van der Waals surface area contributed by atoms with Crippen molar-refractivity contribution in [1.29, 1.82) is 0 Å². The second-order valence-electron chi connectivity index (χ2n) is 2.21. The van der Waals surface area contributed by atoms with Crippen LogP contribution < -0.4 is 29.6 Å². The minimum atomic E-state index is 0. The Bertz CT molecular complexity index is 103. The molecule has 0 aromatic heterocycles. The van der Waals surface area contributed by atoms with Gasteiger partial charge in [0.05, 0.1) is 0 Å². The van der Waals surface area contributed by atoms with Crippen LogP contribution in [0.5, 0.6) is 0 Å². The first-order valence-electron chi connectivity index (χ1n) is 3.51. The van der Waals surface area contributed by atoms with Gasteiger partial charge in [-0.1, -0.05) is 28.8 Å². The van der Waals surface area contributed by atoms with E-state index in [-0.39, 0.29) is 35.7 Å². The summed E-state index contributed by atoms with van der Waals surface area (Å²) in [7, 11) is 0. The zero-order valence-corrected chi connectivity index (χ0v) is 12.1. The molecule has 0 aliphatic carbocycles. The van der Waals surface area contributed by atoms with Crippen LogP contribution in [0, 0.1) is 0 Å². The van der Waals surface area contributed by atoms with Crippen LogP contribution in [-0.2, 0) is 4.79 Å². The van der Waals surface area contributed by atoms with E-state index in [0.717, 1.165) is 11.8 Å². The molecule has 0 aromatic carbocycles. The Morgan fingerprint density at radius 1 is 1.18 bits per heavy atom. The van der Waals surface area contributed by atoms with Gasteiger partial charge in [0.2, 0.25) is 0 Å². The molecule has 1 nitrogen and oxygen atoms in total. The molecule has 0 radical (unpaired) electrons. The first-order valence-corrected chi connectivity index (χ1v) is 5.43. The molecule has 0 aliphatic heterocycles. The van der Waals surface area contributed by atoms with Gasteiger partial charge in [0.25, 0.3) is 0 Å². The number of hydrogen-bond acceptors (Lipinski definition) is 1. The third kappa shape index (κ3) is 14.5. The van der Waals surface area contributed by atoms with E-state index in [2.05, 4.69) is 31.9 Å². The molecule has 11 heavy (non-hydrogen) atoms. The summed E-state index contributed by atoms with van der Waals surface area (Å²) in [5.74, 6) is 0. The second kappa shape index (κ2) is 11.6. The maximum Gasteiger partial charge on any atom is 1.00 e. The van der Waals surface area contributed by atoms with Gasteiger partial charge >= 0.3 is 29.6 Å². The Morgan fingerprint density at radius 3 is 2.18 bits per heavy atom. The smallest absolute Gasteiger partial charge is 1.00 e. The predicted molar refractivity (Wildman–Crippen MR) is 51.9 cm³/mol. The first-order chi connectivity index (χ1) is 4.77. The molecule has 0 spiro atoms. The van der Waals surface area contributed by atoms with Crippen molar-refractivity contribution in [1.82, 2.24) is 0 Å². The Hall–Kier alpha value is 1.63. The average molecular weight is 296 g/mol. The van der Waals surface area contributed by atoms with Crippen molar-refractivity contribution in [2.75, 3.05) is 5.33 Å². The number of hydrogen-bond donors (Lipinski definition) is 0. The standard InChI is InChI=1S/C7H12Br2O.Na.H/c8-6-4-2-1-3-5-7(9)10;;/h1-6H2;;/q;+1;-1. The van der Waals surface area contributed by atoms with E-state index in [0.29, 0.717) is 6.42 Å². The largest absolute Gasteiger partial charge is 1.00 e. The summed E-state index contributed by atoms with van der Waals surface area (Å²) in [6, 6.07) is 0. The van der Waals surface area contributed by atoms with Gasteiger partial charge in [-0.3, -0.25) is 4.79 Å². The fourth-order valence-electron chi connectivity index (χ4n) is 0.712. The van der Waals surface area contributed by atoms with Gasteiger partial charge in [0.15, 0.2) is 4.69 Å². The molecular formula is C7H13Br2NaO. The molecule has 0 atom stereocenters. The Kier molecular flexibility index (Phi) is 16.0. The first kappa shape index (κ1) is 15.1. The van der Waals surface area contributed by atoms with Gasteiger partial charge in [-0.15, -0.1) is 0 Å². The number of rotatable bonds is 6. The van der Waals surface area contributed by atoms with Crippen molar-refractivity contribution < 1.29 is 35.8 Å². The van der Waals surface area contributed by atoms with Gasteiger partial charge < -0.3 is 1.43 Å². The fourth-order valence-corrected chi connectivity index (χ4v) is 1.39. The number of alkyl halides is 1. The number of halogens is 2. The van der Waals surface area contributed by atoms with Crippen molar-refractivity contribution in [2.24, 2.45) is 0 Å². The number of carbonyl (C=O) groups excluding carboxylic acids is 1. The van der Waals surface area contributed by atoms with Crippen molar-refractivity contribution in [3.8, 4) is 0 Å². The van der Waals surface area contributed by atoms with E-state index in [9.17, 15) is 4.79 Å². The summed E-state index contributed by atoms with van der Waals surface area (Å²) in [5.41, 5.74) is 0. The van der Waals surface area contributed by atoms with Crippen LogP contribution >= 0.6 is 31.9 Å². The normalized spacial score (nSPS) is 8.91. The minimum absolute atomic E-state index is 0. The van der Waals surface area contributed by atoms with Crippen molar-refractivity contribution in [3.63, 3.8) is 0 Å². The molecule has 0 bridgehead atoms. The summed E-state index contributed by atoms with van der Waals surface area (Å²) in [6.45, 7) is 0. The van der Waals surface area contributed by atoms with E-state index in [1.54, 1.807) is 0 Å². The zero-order valence-electron chi connectivity index (χ0n) is 7.91. The van der Waals surface area contributed by atoms with Crippen LogP contribution in [0.25, 0.3) is 0 Å². The van der Waals surface area contributed by atoms with E-state index < -0.39 is 0 Å². The van der Waals surface area contributed by atoms with Crippen LogP contribution in [0.15, 0.2) is 0 Å².